The van der Waals surface area contributed by atoms with Crippen molar-refractivity contribution in [1.82, 2.24) is 10.2 Å². The van der Waals surface area contributed by atoms with Gasteiger partial charge in [0.05, 0.1) is 13.0 Å². The van der Waals surface area contributed by atoms with Gasteiger partial charge in [0.15, 0.2) is 5.69 Å². The van der Waals surface area contributed by atoms with Crippen molar-refractivity contribution in [3.63, 3.8) is 0 Å². The highest BCUT2D eigenvalue weighted by Crippen LogP contribution is 2.23. The van der Waals surface area contributed by atoms with E-state index in [9.17, 15) is 14.9 Å². The molecular formula is C9H14N4O4. The molecule has 94 valence electrons. The molecular weight excluding hydrogens is 228 g/mol. The summed E-state index contributed by atoms with van der Waals surface area (Å²) in [7, 11) is 1.65. The smallest absolute Gasteiger partial charge is 0.366 e. The average Bonchev–Trinajstić information content (AvgIpc) is 2.75. The fraction of sp³-hybridized carbons (Fsp3) is 0.556. The Morgan fingerprint density at radius 2 is 2.41 bits per heavy atom. The van der Waals surface area contributed by atoms with Gasteiger partial charge in [-0.15, -0.1) is 5.10 Å². The molecule has 0 spiro atoms. The number of anilines is 1. The number of carbonyl (C=O) groups is 1. The second kappa shape index (κ2) is 5.83. The second-order valence-electron chi connectivity index (χ2n) is 3.34. The van der Waals surface area contributed by atoms with Crippen molar-refractivity contribution < 1.29 is 14.5 Å². The van der Waals surface area contributed by atoms with Crippen LogP contribution in [0.4, 0.5) is 11.5 Å². The van der Waals surface area contributed by atoms with Gasteiger partial charge in [-0.25, -0.2) is 0 Å². The van der Waals surface area contributed by atoms with Crippen LogP contribution in [0, 0.1) is 10.1 Å². The third-order valence-electron chi connectivity index (χ3n) is 2.15. The highest BCUT2D eigenvalue weighted by Gasteiger charge is 2.19. The van der Waals surface area contributed by atoms with Gasteiger partial charge in [-0.05, 0) is 11.8 Å². The zero-order valence-corrected chi connectivity index (χ0v) is 9.67. The Morgan fingerprint density at radius 3 is 3.00 bits per heavy atom. The molecule has 0 bridgehead atoms. The number of hydrogen-bond donors (Lipinski definition) is 1. The number of H-pyrrole nitrogens is 1. The number of aromatic nitrogens is 2. The van der Waals surface area contributed by atoms with Crippen LogP contribution in [-0.4, -0.2) is 41.3 Å². The van der Waals surface area contributed by atoms with E-state index in [0.717, 1.165) is 0 Å². The quantitative estimate of drug-likeness (QED) is 0.447. The Morgan fingerprint density at radius 1 is 1.71 bits per heavy atom. The van der Waals surface area contributed by atoms with Crippen LogP contribution in [0.15, 0.2) is 6.20 Å². The van der Waals surface area contributed by atoms with Crippen molar-refractivity contribution in [3.05, 3.63) is 16.3 Å². The van der Waals surface area contributed by atoms with Gasteiger partial charge in [0.25, 0.3) is 0 Å². The van der Waals surface area contributed by atoms with Crippen LogP contribution < -0.4 is 4.90 Å². The van der Waals surface area contributed by atoms with Crippen molar-refractivity contribution in [2.45, 2.75) is 13.3 Å². The first kappa shape index (κ1) is 12.9. The predicted molar refractivity (Wildman–Crippen MR) is 59.8 cm³/mol. The van der Waals surface area contributed by atoms with Crippen LogP contribution in [0.5, 0.6) is 0 Å². The normalized spacial score (nSPS) is 10.0. The van der Waals surface area contributed by atoms with Crippen molar-refractivity contribution in [2.75, 3.05) is 25.1 Å². The number of hydrogen-bond acceptors (Lipinski definition) is 6. The van der Waals surface area contributed by atoms with Gasteiger partial charge in [0, 0.05) is 13.6 Å². The fourth-order valence-corrected chi connectivity index (χ4v) is 1.30. The Balaban J connectivity index is 2.58. The van der Waals surface area contributed by atoms with Crippen LogP contribution in [0.3, 0.4) is 0 Å². The number of nitrogens with one attached hydrogen (secondary N) is 1. The zero-order chi connectivity index (χ0) is 12.8. The molecule has 1 heterocycles. The molecule has 0 fully saturated rings. The van der Waals surface area contributed by atoms with Gasteiger partial charge < -0.3 is 19.8 Å². The summed E-state index contributed by atoms with van der Waals surface area (Å²) in [5, 5.41) is 16.5. The molecule has 0 amide bonds. The lowest BCUT2D eigenvalue weighted by molar-refractivity contribution is -0.388. The lowest BCUT2D eigenvalue weighted by Gasteiger charge is -2.15. The summed E-state index contributed by atoms with van der Waals surface area (Å²) in [5.41, 5.74) is 0.347. The fourth-order valence-electron chi connectivity index (χ4n) is 1.30. The summed E-state index contributed by atoms with van der Waals surface area (Å²) in [6.45, 7) is 2.39. The highest BCUT2D eigenvalue weighted by atomic mass is 16.6. The van der Waals surface area contributed by atoms with Crippen molar-refractivity contribution >= 4 is 17.5 Å². The molecule has 0 aliphatic rings. The van der Waals surface area contributed by atoms with Gasteiger partial charge >= 0.3 is 11.8 Å². The molecule has 1 aromatic heterocycles. The topological polar surface area (TPSA) is 101 Å². The zero-order valence-electron chi connectivity index (χ0n) is 9.67. The molecule has 0 aliphatic heterocycles. The molecule has 0 saturated heterocycles. The number of nitro groups is 1. The van der Waals surface area contributed by atoms with Crippen molar-refractivity contribution in [2.24, 2.45) is 0 Å². The number of rotatable bonds is 6. The van der Waals surface area contributed by atoms with E-state index in [4.69, 9.17) is 4.74 Å². The summed E-state index contributed by atoms with van der Waals surface area (Å²) in [6, 6.07) is 0. The Bertz CT molecular complexity index is 403. The summed E-state index contributed by atoms with van der Waals surface area (Å²) in [6.07, 6.45) is 1.52. The van der Waals surface area contributed by atoms with Gasteiger partial charge in [-0.1, -0.05) is 5.10 Å². The number of esters is 1. The van der Waals surface area contributed by atoms with Crippen molar-refractivity contribution in [1.29, 1.82) is 0 Å². The third-order valence-corrected chi connectivity index (χ3v) is 2.15. The number of nitrogens with zero attached hydrogens (tertiary/aromatic N) is 3. The summed E-state index contributed by atoms with van der Waals surface area (Å²) in [4.78, 5) is 22.8. The van der Waals surface area contributed by atoms with Gasteiger partial charge in [-0.2, -0.15) is 0 Å². The van der Waals surface area contributed by atoms with Crippen LogP contribution in [0.2, 0.25) is 0 Å². The van der Waals surface area contributed by atoms with E-state index in [-0.39, 0.29) is 18.2 Å². The van der Waals surface area contributed by atoms with Gasteiger partial charge in [0.1, 0.15) is 6.20 Å². The van der Waals surface area contributed by atoms with E-state index in [2.05, 4.69) is 10.2 Å². The largest absolute Gasteiger partial charge is 0.466 e. The molecule has 0 atom stereocenters. The van der Waals surface area contributed by atoms with Gasteiger partial charge in [-0.3, -0.25) is 4.79 Å². The van der Waals surface area contributed by atoms with Crippen molar-refractivity contribution in [3.8, 4) is 0 Å². The molecule has 0 saturated carbocycles. The summed E-state index contributed by atoms with van der Waals surface area (Å²) >= 11 is 0. The molecule has 0 aliphatic carbocycles. The lowest BCUT2D eigenvalue weighted by Crippen LogP contribution is -2.22. The van der Waals surface area contributed by atoms with E-state index in [0.29, 0.717) is 18.8 Å². The predicted octanol–water partition coefficient (Wildman–Crippen LogP) is 0.707. The minimum Gasteiger partial charge on any atom is -0.466 e. The molecule has 0 aromatic carbocycles. The van der Waals surface area contributed by atoms with E-state index < -0.39 is 4.92 Å². The third kappa shape index (κ3) is 3.44. The Kier molecular flexibility index (Phi) is 4.44. The second-order valence-corrected chi connectivity index (χ2v) is 3.34. The minimum absolute atomic E-state index is 0.173. The van der Waals surface area contributed by atoms with Gasteiger partial charge in [0.2, 0.25) is 0 Å². The molecule has 1 N–H and O–H groups in total. The molecule has 1 rings (SSSR count). The van der Waals surface area contributed by atoms with Crippen LogP contribution in [0.25, 0.3) is 0 Å². The van der Waals surface area contributed by atoms with Crippen LogP contribution in [0.1, 0.15) is 13.3 Å². The minimum atomic E-state index is -0.552. The van der Waals surface area contributed by atoms with Crippen LogP contribution >= 0.6 is 0 Å². The number of aromatic amines is 1. The average molecular weight is 242 g/mol. The van der Waals surface area contributed by atoms with Crippen LogP contribution in [-0.2, 0) is 9.53 Å². The maximum absolute atomic E-state index is 11.1. The van der Waals surface area contributed by atoms with E-state index in [1.54, 1.807) is 18.9 Å². The summed E-state index contributed by atoms with van der Waals surface area (Å²) < 4.78 is 4.76. The molecule has 8 heteroatoms. The Hall–Kier alpha value is -2.12. The highest BCUT2D eigenvalue weighted by molar-refractivity contribution is 5.70. The van der Waals surface area contributed by atoms with E-state index in [1.165, 1.54) is 6.20 Å². The van der Waals surface area contributed by atoms with E-state index >= 15 is 0 Å². The first-order chi connectivity index (χ1) is 8.06. The SMILES string of the molecule is CCOC(=O)CCN(C)c1cn[nH]c1[N+](=O)[O-]. The molecule has 0 radical (unpaired) electrons. The molecule has 1 aromatic rings. The monoisotopic (exact) mass is 242 g/mol. The molecule has 8 nitrogen and oxygen atoms in total. The maximum Gasteiger partial charge on any atom is 0.366 e. The molecule has 17 heavy (non-hydrogen) atoms. The summed E-state index contributed by atoms with van der Waals surface area (Å²) in [5.74, 6) is -0.512. The molecule has 0 unspecified atom stereocenters. The lowest BCUT2D eigenvalue weighted by atomic mass is 10.3. The Labute approximate surface area is 97.7 Å². The first-order valence-electron chi connectivity index (χ1n) is 5.10. The number of ether oxygens (including phenoxy) is 1. The number of carbonyl (C=O) groups excluding carboxylic acids is 1. The maximum atomic E-state index is 11.1. The van der Waals surface area contributed by atoms with E-state index in [1.807, 2.05) is 0 Å². The standard InChI is InChI=1S/C9H14N4O4/c1-3-17-8(14)4-5-12(2)7-6-10-11-9(7)13(15)16/h6H,3-5H2,1-2H3,(H,10,11). The first-order valence-corrected chi connectivity index (χ1v) is 5.10.